The quantitative estimate of drug-likeness (QED) is 0.847. The Bertz CT molecular complexity index is 456. The maximum Gasteiger partial charge on any atom is 0.165 e. The molecule has 1 fully saturated rings. The molecule has 2 rings (SSSR count). The first-order valence-corrected chi connectivity index (χ1v) is 7.84. The van der Waals surface area contributed by atoms with Crippen molar-refractivity contribution in [2.45, 2.75) is 57.1 Å². The molecule has 3 nitrogen and oxygen atoms in total. The number of halogens is 1. The summed E-state index contributed by atoms with van der Waals surface area (Å²) in [5.41, 5.74) is 0.126. The number of hydrogen-bond donors (Lipinski definition) is 2. The van der Waals surface area contributed by atoms with Crippen molar-refractivity contribution in [2.24, 2.45) is 0 Å². The molecule has 4 heteroatoms. The van der Waals surface area contributed by atoms with Gasteiger partial charge in [-0.1, -0.05) is 13.0 Å². The molecule has 0 aliphatic heterocycles. The summed E-state index contributed by atoms with van der Waals surface area (Å²) >= 11 is 0. The van der Waals surface area contributed by atoms with Gasteiger partial charge in [-0.25, -0.2) is 4.39 Å². The van der Waals surface area contributed by atoms with Crippen molar-refractivity contribution in [3.8, 4) is 5.75 Å². The molecule has 0 unspecified atom stereocenters. The lowest BCUT2D eigenvalue weighted by atomic mass is 9.78. The van der Waals surface area contributed by atoms with Crippen molar-refractivity contribution < 1.29 is 14.2 Å². The Balaban J connectivity index is 1.92. The summed E-state index contributed by atoms with van der Waals surface area (Å²) in [5.74, 6) is -0.116. The molecule has 0 radical (unpaired) electrons. The normalized spacial score (nSPS) is 25.8. The van der Waals surface area contributed by atoms with E-state index in [1.165, 1.54) is 13.2 Å². The molecule has 0 atom stereocenters. The second kappa shape index (κ2) is 7.23. The monoisotopic (exact) mass is 295 g/mol. The Hall–Kier alpha value is -1.13. The Labute approximate surface area is 126 Å². The van der Waals surface area contributed by atoms with Crippen LogP contribution in [-0.4, -0.2) is 30.4 Å². The van der Waals surface area contributed by atoms with Crippen LogP contribution in [0.5, 0.6) is 5.75 Å². The van der Waals surface area contributed by atoms with Gasteiger partial charge in [-0.05, 0) is 56.3 Å². The maximum atomic E-state index is 13.7. The van der Waals surface area contributed by atoms with Gasteiger partial charge in [-0.15, -0.1) is 0 Å². The lowest BCUT2D eigenvalue weighted by Crippen LogP contribution is -2.42. The fraction of sp³-hybridized carbons (Fsp3) is 0.647. The molecule has 1 aromatic rings. The van der Waals surface area contributed by atoms with Crippen LogP contribution in [0.4, 0.5) is 4.39 Å². The number of methoxy groups -OCH3 is 1. The third kappa shape index (κ3) is 4.42. The first kappa shape index (κ1) is 16.2. The van der Waals surface area contributed by atoms with Crippen molar-refractivity contribution in [1.29, 1.82) is 0 Å². The number of nitrogens with one attached hydrogen (secondary N) is 1. The van der Waals surface area contributed by atoms with Crippen LogP contribution >= 0.6 is 0 Å². The van der Waals surface area contributed by atoms with E-state index in [-0.39, 0.29) is 11.6 Å². The molecule has 0 bridgehead atoms. The van der Waals surface area contributed by atoms with Gasteiger partial charge < -0.3 is 15.2 Å². The summed E-state index contributed by atoms with van der Waals surface area (Å²) in [5, 5.41) is 14.2. The van der Waals surface area contributed by atoms with Crippen LogP contribution < -0.4 is 10.1 Å². The molecule has 0 saturated heterocycles. The SMILES string of the molecule is CCCNC1CCC(O)(Cc2ccc(OC)c(F)c2)CC1. The van der Waals surface area contributed by atoms with Gasteiger partial charge in [0.05, 0.1) is 12.7 Å². The van der Waals surface area contributed by atoms with Crippen LogP contribution in [0.1, 0.15) is 44.6 Å². The minimum atomic E-state index is -0.703. The highest BCUT2D eigenvalue weighted by atomic mass is 19.1. The fourth-order valence-electron chi connectivity index (χ4n) is 3.08. The van der Waals surface area contributed by atoms with Gasteiger partial charge in [0.2, 0.25) is 0 Å². The predicted molar refractivity (Wildman–Crippen MR) is 82.2 cm³/mol. The Kier molecular flexibility index (Phi) is 5.59. The first-order valence-electron chi connectivity index (χ1n) is 7.84. The molecule has 0 amide bonds. The third-order valence-electron chi connectivity index (χ3n) is 4.35. The molecular formula is C17H26FNO2. The van der Waals surface area contributed by atoms with E-state index < -0.39 is 5.60 Å². The number of hydrogen-bond acceptors (Lipinski definition) is 3. The van der Waals surface area contributed by atoms with Crippen LogP contribution in [0.15, 0.2) is 18.2 Å². The number of rotatable bonds is 6. The van der Waals surface area contributed by atoms with E-state index in [0.717, 1.165) is 44.2 Å². The van der Waals surface area contributed by atoms with Crippen molar-refractivity contribution in [3.63, 3.8) is 0 Å². The van der Waals surface area contributed by atoms with Gasteiger partial charge in [0, 0.05) is 12.5 Å². The highest BCUT2D eigenvalue weighted by Gasteiger charge is 2.33. The smallest absolute Gasteiger partial charge is 0.165 e. The largest absolute Gasteiger partial charge is 0.494 e. The highest BCUT2D eigenvalue weighted by Crippen LogP contribution is 2.32. The van der Waals surface area contributed by atoms with Gasteiger partial charge in [-0.2, -0.15) is 0 Å². The molecule has 0 heterocycles. The average molecular weight is 295 g/mol. The zero-order valence-electron chi connectivity index (χ0n) is 13.0. The van der Waals surface area contributed by atoms with Crippen molar-refractivity contribution in [3.05, 3.63) is 29.6 Å². The number of aliphatic hydroxyl groups is 1. The first-order chi connectivity index (χ1) is 10.1. The van der Waals surface area contributed by atoms with Crippen LogP contribution in [-0.2, 0) is 6.42 Å². The lowest BCUT2D eigenvalue weighted by Gasteiger charge is -2.36. The summed E-state index contributed by atoms with van der Waals surface area (Å²) in [4.78, 5) is 0. The van der Waals surface area contributed by atoms with E-state index in [1.807, 2.05) is 6.07 Å². The van der Waals surface area contributed by atoms with Gasteiger partial charge in [0.25, 0.3) is 0 Å². The van der Waals surface area contributed by atoms with Gasteiger partial charge in [-0.3, -0.25) is 0 Å². The molecule has 118 valence electrons. The van der Waals surface area contributed by atoms with Gasteiger partial charge >= 0.3 is 0 Å². The Morgan fingerprint density at radius 2 is 2.10 bits per heavy atom. The standard InChI is InChI=1S/C17H26FNO2/c1-3-10-19-14-6-8-17(20,9-7-14)12-13-4-5-16(21-2)15(18)11-13/h4-5,11,14,19-20H,3,6-10,12H2,1-2H3. The summed E-state index contributed by atoms with van der Waals surface area (Å²) < 4.78 is 18.6. The minimum Gasteiger partial charge on any atom is -0.494 e. The Morgan fingerprint density at radius 1 is 1.38 bits per heavy atom. The number of benzene rings is 1. The summed E-state index contributed by atoms with van der Waals surface area (Å²) in [6, 6.07) is 5.44. The minimum absolute atomic E-state index is 0.248. The third-order valence-corrected chi connectivity index (χ3v) is 4.35. The molecule has 2 N–H and O–H groups in total. The van der Waals surface area contributed by atoms with E-state index in [0.29, 0.717) is 12.5 Å². The van der Waals surface area contributed by atoms with Gasteiger partial charge in [0.15, 0.2) is 11.6 Å². The molecule has 21 heavy (non-hydrogen) atoms. The zero-order valence-corrected chi connectivity index (χ0v) is 13.0. The molecule has 1 aliphatic carbocycles. The van der Waals surface area contributed by atoms with E-state index >= 15 is 0 Å². The molecule has 0 spiro atoms. The van der Waals surface area contributed by atoms with E-state index in [9.17, 15) is 9.50 Å². The molecule has 0 aromatic heterocycles. The zero-order chi connectivity index (χ0) is 15.3. The van der Waals surface area contributed by atoms with E-state index in [1.54, 1.807) is 6.07 Å². The topological polar surface area (TPSA) is 41.5 Å². The van der Waals surface area contributed by atoms with Crippen LogP contribution in [0.2, 0.25) is 0 Å². The van der Waals surface area contributed by atoms with Gasteiger partial charge in [0.1, 0.15) is 0 Å². The second-order valence-corrected chi connectivity index (χ2v) is 6.10. The molecule has 1 saturated carbocycles. The summed E-state index contributed by atoms with van der Waals surface area (Å²) in [7, 11) is 1.45. The average Bonchev–Trinajstić information content (AvgIpc) is 2.47. The second-order valence-electron chi connectivity index (χ2n) is 6.10. The van der Waals surface area contributed by atoms with Crippen LogP contribution in [0.3, 0.4) is 0 Å². The van der Waals surface area contributed by atoms with Crippen molar-refractivity contribution in [1.82, 2.24) is 5.32 Å². The lowest BCUT2D eigenvalue weighted by molar-refractivity contribution is -0.00311. The van der Waals surface area contributed by atoms with E-state index in [2.05, 4.69) is 12.2 Å². The summed E-state index contributed by atoms with van der Waals surface area (Å²) in [6.45, 7) is 3.19. The van der Waals surface area contributed by atoms with Crippen molar-refractivity contribution in [2.75, 3.05) is 13.7 Å². The predicted octanol–water partition coefficient (Wildman–Crippen LogP) is 3.05. The maximum absolute atomic E-state index is 13.7. The van der Waals surface area contributed by atoms with E-state index in [4.69, 9.17) is 4.74 Å². The van der Waals surface area contributed by atoms with Crippen molar-refractivity contribution >= 4 is 0 Å². The fourth-order valence-corrected chi connectivity index (χ4v) is 3.08. The molecule has 1 aromatic carbocycles. The summed E-state index contributed by atoms with van der Waals surface area (Å²) in [6.07, 6.45) is 5.13. The number of ether oxygens (including phenoxy) is 1. The Morgan fingerprint density at radius 3 is 2.67 bits per heavy atom. The van der Waals surface area contributed by atoms with Crippen LogP contribution in [0.25, 0.3) is 0 Å². The molecule has 1 aliphatic rings. The molecular weight excluding hydrogens is 269 g/mol. The van der Waals surface area contributed by atoms with Crippen LogP contribution in [0, 0.1) is 5.82 Å². The highest BCUT2D eigenvalue weighted by molar-refractivity contribution is 5.30.